The standard InChI is InChI=1S/C18H20O4/c1-11(7-13-3-5-15(19)17(21)9-13)12(2)8-14-4-6-16(20)18(22)10-14/h3-6,9-12,19,21H,7-8H2,1-2H3. The first-order chi connectivity index (χ1) is 10.4. The van der Waals surface area contributed by atoms with Crippen LogP contribution in [0.15, 0.2) is 42.0 Å². The minimum atomic E-state index is -0.469. The Morgan fingerprint density at radius 2 is 1.59 bits per heavy atom. The largest absolute Gasteiger partial charge is 0.504 e. The molecule has 1 aromatic rings. The summed E-state index contributed by atoms with van der Waals surface area (Å²) in [7, 11) is 0. The normalized spacial score (nSPS) is 17.3. The van der Waals surface area contributed by atoms with E-state index < -0.39 is 11.6 Å². The van der Waals surface area contributed by atoms with Crippen LogP contribution >= 0.6 is 0 Å². The number of aromatic hydroxyl groups is 2. The van der Waals surface area contributed by atoms with E-state index in [0.29, 0.717) is 11.8 Å². The summed E-state index contributed by atoms with van der Waals surface area (Å²) in [5.74, 6) is -0.520. The molecular formula is C18H20O4. The third-order valence-corrected chi connectivity index (χ3v) is 4.13. The summed E-state index contributed by atoms with van der Waals surface area (Å²) in [5.41, 5.74) is 1.83. The van der Waals surface area contributed by atoms with Gasteiger partial charge in [-0.15, -0.1) is 0 Å². The van der Waals surface area contributed by atoms with Crippen molar-refractivity contribution in [1.82, 2.24) is 0 Å². The third kappa shape index (κ3) is 3.85. The van der Waals surface area contributed by atoms with Crippen LogP contribution in [0.2, 0.25) is 0 Å². The van der Waals surface area contributed by atoms with Crippen LogP contribution in [0.1, 0.15) is 25.8 Å². The number of allylic oxidation sites excluding steroid dienone is 4. The fourth-order valence-electron chi connectivity index (χ4n) is 2.52. The average Bonchev–Trinajstić information content (AvgIpc) is 2.46. The SMILES string of the molecule is CC(CC1=CC(=O)C(=O)C=C1)C(C)Cc1ccc(O)c(O)c1. The lowest BCUT2D eigenvalue weighted by atomic mass is 9.84. The monoisotopic (exact) mass is 300 g/mol. The van der Waals surface area contributed by atoms with Crippen molar-refractivity contribution in [2.45, 2.75) is 26.7 Å². The maximum absolute atomic E-state index is 11.4. The molecule has 1 aliphatic rings. The highest BCUT2D eigenvalue weighted by Gasteiger charge is 2.18. The number of rotatable bonds is 5. The Hall–Kier alpha value is -2.36. The molecule has 22 heavy (non-hydrogen) atoms. The maximum atomic E-state index is 11.4. The minimum absolute atomic E-state index is 0.112. The molecule has 1 aromatic carbocycles. The molecule has 4 heteroatoms. The Labute approximate surface area is 129 Å². The number of carbonyl (C=O) groups is 2. The second-order valence-electron chi connectivity index (χ2n) is 5.97. The number of ketones is 2. The Morgan fingerprint density at radius 1 is 0.909 bits per heavy atom. The molecule has 2 unspecified atom stereocenters. The number of phenols is 2. The molecule has 0 spiro atoms. The second-order valence-corrected chi connectivity index (χ2v) is 5.97. The smallest absolute Gasteiger partial charge is 0.225 e. The van der Waals surface area contributed by atoms with Gasteiger partial charge in [0.1, 0.15) is 0 Å². The van der Waals surface area contributed by atoms with E-state index in [1.54, 1.807) is 18.2 Å². The van der Waals surface area contributed by atoms with E-state index in [-0.39, 0.29) is 11.5 Å². The highest BCUT2D eigenvalue weighted by atomic mass is 16.3. The number of hydrogen-bond donors (Lipinski definition) is 2. The van der Waals surface area contributed by atoms with Crippen LogP contribution in [0.4, 0.5) is 0 Å². The molecular weight excluding hydrogens is 280 g/mol. The molecule has 0 fully saturated rings. The summed E-state index contributed by atoms with van der Waals surface area (Å²) in [4.78, 5) is 22.5. The van der Waals surface area contributed by atoms with E-state index >= 15 is 0 Å². The van der Waals surface area contributed by atoms with Gasteiger partial charge in [-0.25, -0.2) is 0 Å². The molecule has 0 amide bonds. The molecule has 0 aliphatic heterocycles. The molecule has 4 nitrogen and oxygen atoms in total. The Kier molecular flexibility index (Phi) is 4.81. The van der Waals surface area contributed by atoms with Gasteiger partial charge < -0.3 is 10.2 Å². The summed E-state index contributed by atoms with van der Waals surface area (Å²) in [6, 6.07) is 4.85. The Bertz CT molecular complexity index is 655. The second kappa shape index (κ2) is 6.60. The molecule has 0 saturated carbocycles. The van der Waals surface area contributed by atoms with E-state index in [1.165, 1.54) is 18.2 Å². The topological polar surface area (TPSA) is 74.6 Å². The Balaban J connectivity index is 1.97. The summed E-state index contributed by atoms with van der Waals surface area (Å²) >= 11 is 0. The van der Waals surface area contributed by atoms with E-state index in [9.17, 15) is 19.8 Å². The zero-order valence-corrected chi connectivity index (χ0v) is 12.7. The van der Waals surface area contributed by atoms with Crippen molar-refractivity contribution in [3.8, 4) is 11.5 Å². The van der Waals surface area contributed by atoms with Crippen molar-refractivity contribution in [2.24, 2.45) is 11.8 Å². The predicted molar refractivity (Wildman–Crippen MR) is 83.7 cm³/mol. The van der Waals surface area contributed by atoms with Crippen molar-refractivity contribution in [3.05, 3.63) is 47.6 Å². The van der Waals surface area contributed by atoms with Gasteiger partial charge in [0, 0.05) is 0 Å². The van der Waals surface area contributed by atoms with Gasteiger partial charge in [-0.1, -0.05) is 26.0 Å². The van der Waals surface area contributed by atoms with Crippen LogP contribution in [-0.4, -0.2) is 21.8 Å². The predicted octanol–water partition coefficient (Wildman–Crippen LogP) is 2.94. The van der Waals surface area contributed by atoms with Crippen molar-refractivity contribution in [3.63, 3.8) is 0 Å². The number of phenolic OH excluding ortho intramolecular Hbond substituents is 2. The van der Waals surface area contributed by atoms with Crippen LogP contribution in [0, 0.1) is 11.8 Å². The molecule has 0 radical (unpaired) electrons. The van der Waals surface area contributed by atoms with Crippen LogP contribution < -0.4 is 0 Å². The van der Waals surface area contributed by atoms with Crippen molar-refractivity contribution < 1.29 is 19.8 Å². The summed E-state index contributed by atoms with van der Waals surface area (Å²) in [5, 5.41) is 18.9. The van der Waals surface area contributed by atoms with Gasteiger partial charge in [0.25, 0.3) is 0 Å². The highest BCUT2D eigenvalue weighted by molar-refractivity contribution is 6.46. The highest BCUT2D eigenvalue weighted by Crippen LogP contribution is 2.29. The average molecular weight is 300 g/mol. The number of carbonyl (C=O) groups excluding carboxylic acids is 2. The fraction of sp³-hybridized carbons (Fsp3) is 0.333. The van der Waals surface area contributed by atoms with Gasteiger partial charge in [0.2, 0.25) is 11.6 Å². The summed E-state index contributed by atoms with van der Waals surface area (Å²) in [6.45, 7) is 4.20. The molecule has 0 bridgehead atoms. The van der Waals surface area contributed by atoms with E-state index in [1.807, 2.05) is 0 Å². The molecule has 0 aromatic heterocycles. The molecule has 0 heterocycles. The van der Waals surface area contributed by atoms with Gasteiger partial charge in [-0.05, 0) is 60.1 Å². The lowest BCUT2D eigenvalue weighted by Gasteiger charge is -2.21. The molecule has 2 atom stereocenters. The van der Waals surface area contributed by atoms with Crippen molar-refractivity contribution in [2.75, 3.05) is 0 Å². The maximum Gasteiger partial charge on any atom is 0.225 e. The first-order valence-electron chi connectivity index (χ1n) is 7.34. The molecule has 1 aliphatic carbocycles. The summed E-state index contributed by atoms with van der Waals surface area (Å²) in [6.07, 6.45) is 5.93. The van der Waals surface area contributed by atoms with Gasteiger partial charge >= 0.3 is 0 Å². The van der Waals surface area contributed by atoms with E-state index in [2.05, 4.69) is 13.8 Å². The first kappa shape index (κ1) is 16.0. The van der Waals surface area contributed by atoms with E-state index in [0.717, 1.165) is 24.0 Å². The van der Waals surface area contributed by atoms with Gasteiger partial charge in [0.15, 0.2) is 11.5 Å². The van der Waals surface area contributed by atoms with Crippen molar-refractivity contribution >= 4 is 11.6 Å². The molecule has 2 N–H and O–H groups in total. The third-order valence-electron chi connectivity index (χ3n) is 4.13. The summed E-state index contributed by atoms with van der Waals surface area (Å²) < 4.78 is 0. The van der Waals surface area contributed by atoms with Crippen LogP contribution in [-0.2, 0) is 16.0 Å². The fourth-order valence-corrected chi connectivity index (χ4v) is 2.52. The quantitative estimate of drug-likeness (QED) is 0.498. The molecule has 0 saturated heterocycles. The van der Waals surface area contributed by atoms with E-state index in [4.69, 9.17) is 0 Å². The van der Waals surface area contributed by atoms with Gasteiger partial charge in [-0.3, -0.25) is 9.59 Å². The number of hydrogen-bond acceptors (Lipinski definition) is 4. The minimum Gasteiger partial charge on any atom is -0.504 e. The zero-order chi connectivity index (χ0) is 16.3. The Morgan fingerprint density at radius 3 is 2.23 bits per heavy atom. The lowest BCUT2D eigenvalue weighted by Crippen LogP contribution is -2.15. The lowest BCUT2D eigenvalue weighted by molar-refractivity contribution is -0.131. The van der Waals surface area contributed by atoms with Crippen LogP contribution in [0.5, 0.6) is 11.5 Å². The molecule has 2 rings (SSSR count). The van der Waals surface area contributed by atoms with Crippen LogP contribution in [0.25, 0.3) is 0 Å². The van der Waals surface area contributed by atoms with Crippen molar-refractivity contribution in [1.29, 1.82) is 0 Å². The molecule has 116 valence electrons. The van der Waals surface area contributed by atoms with Gasteiger partial charge in [0.05, 0.1) is 0 Å². The van der Waals surface area contributed by atoms with Gasteiger partial charge in [-0.2, -0.15) is 0 Å². The first-order valence-corrected chi connectivity index (χ1v) is 7.34. The zero-order valence-electron chi connectivity index (χ0n) is 12.7. The number of benzene rings is 1. The van der Waals surface area contributed by atoms with Crippen LogP contribution in [0.3, 0.4) is 0 Å².